The van der Waals surface area contributed by atoms with Crippen LogP contribution in [0.15, 0.2) is 36.8 Å². The van der Waals surface area contributed by atoms with E-state index in [-0.39, 0.29) is 5.91 Å². The summed E-state index contributed by atoms with van der Waals surface area (Å²) in [5, 5.41) is 28.6. The smallest absolute Gasteiger partial charge is 0.267 e. The third-order valence-corrected chi connectivity index (χ3v) is 5.14. The van der Waals surface area contributed by atoms with Crippen molar-refractivity contribution in [2.45, 2.75) is 32.9 Å². The van der Waals surface area contributed by atoms with Crippen LogP contribution < -0.4 is 10.6 Å². The van der Waals surface area contributed by atoms with Crippen molar-refractivity contribution < 1.29 is 9.90 Å². The molecule has 0 aliphatic carbocycles. The van der Waals surface area contributed by atoms with E-state index in [0.717, 1.165) is 22.2 Å². The summed E-state index contributed by atoms with van der Waals surface area (Å²) in [5.41, 5.74) is 1.69. The van der Waals surface area contributed by atoms with Crippen LogP contribution in [-0.4, -0.2) is 41.6 Å². The van der Waals surface area contributed by atoms with Crippen LogP contribution in [0.5, 0.6) is 0 Å². The summed E-state index contributed by atoms with van der Waals surface area (Å²) in [6, 6.07) is 5.65. The minimum Gasteiger partial charge on any atom is -0.389 e. The summed E-state index contributed by atoms with van der Waals surface area (Å²) in [5.74, 6) is 0.356. The molecular formula is C19H21N7O2S. The van der Waals surface area contributed by atoms with Gasteiger partial charge in [0.25, 0.3) is 5.91 Å². The number of aliphatic hydroxyl groups is 1. The Balaban J connectivity index is 1.47. The minimum atomic E-state index is -0.855. The molecule has 0 spiro atoms. The van der Waals surface area contributed by atoms with Gasteiger partial charge in [-0.3, -0.25) is 14.6 Å². The highest BCUT2D eigenvalue weighted by Crippen LogP contribution is 2.28. The van der Waals surface area contributed by atoms with Gasteiger partial charge >= 0.3 is 0 Å². The van der Waals surface area contributed by atoms with Gasteiger partial charge in [-0.1, -0.05) is 17.4 Å². The molecule has 0 saturated carbocycles. The lowest BCUT2D eigenvalue weighted by molar-refractivity contribution is 0.0578. The maximum Gasteiger partial charge on any atom is 0.267 e. The summed E-state index contributed by atoms with van der Waals surface area (Å²) in [7, 11) is 0. The van der Waals surface area contributed by atoms with E-state index in [9.17, 15) is 9.90 Å². The molecule has 9 nitrogen and oxygen atoms in total. The van der Waals surface area contributed by atoms with Gasteiger partial charge in [0.15, 0.2) is 10.9 Å². The number of H-pyrrole nitrogens is 1. The number of anilines is 3. The quantitative estimate of drug-likeness (QED) is 0.386. The van der Waals surface area contributed by atoms with Crippen molar-refractivity contribution in [2.75, 3.05) is 10.6 Å². The van der Waals surface area contributed by atoms with Crippen LogP contribution in [0.1, 0.15) is 29.1 Å². The van der Waals surface area contributed by atoms with Gasteiger partial charge in [0.05, 0.1) is 35.7 Å². The molecule has 10 heteroatoms. The van der Waals surface area contributed by atoms with Gasteiger partial charge < -0.3 is 15.7 Å². The largest absolute Gasteiger partial charge is 0.389 e. The number of hydrogen-bond donors (Lipinski definition) is 4. The maximum atomic E-state index is 12.7. The molecule has 0 aliphatic rings. The normalized spacial score (nSPS) is 11.7. The predicted octanol–water partition coefficient (Wildman–Crippen LogP) is 3.29. The van der Waals surface area contributed by atoms with Crippen molar-refractivity contribution >= 4 is 44.8 Å². The SMILES string of the molecule is Cc1ccc2[nH]ncc2c1NC(=O)c1cnc(Nc2ccn(CC(C)(C)O)n2)s1. The van der Waals surface area contributed by atoms with Crippen LogP contribution in [0.4, 0.5) is 16.6 Å². The fourth-order valence-electron chi connectivity index (χ4n) is 2.93. The molecule has 0 unspecified atom stereocenters. The molecule has 0 radical (unpaired) electrons. The van der Waals surface area contributed by atoms with E-state index >= 15 is 0 Å². The zero-order chi connectivity index (χ0) is 20.6. The fourth-order valence-corrected chi connectivity index (χ4v) is 3.65. The third kappa shape index (κ3) is 4.28. The highest BCUT2D eigenvalue weighted by atomic mass is 32.1. The Morgan fingerprint density at radius 3 is 2.93 bits per heavy atom. The number of thiazole rings is 1. The predicted molar refractivity (Wildman–Crippen MR) is 113 cm³/mol. The molecule has 4 aromatic rings. The molecule has 0 saturated heterocycles. The lowest BCUT2D eigenvalue weighted by Crippen LogP contribution is -2.26. The molecule has 3 heterocycles. The average Bonchev–Trinajstić information content (AvgIpc) is 3.37. The number of aryl methyl sites for hydroxylation is 1. The first-order valence-corrected chi connectivity index (χ1v) is 9.83. The molecule has 0 bridgehead atoms. The van der Waals surface area contributed by atoms with Gasteiger partial charge in [-0.25, -0.2) is 4.98 Å². The average molecular weight is 411 g/mol. The van der Waals surface area contributed by atoms with Crippen molar-refractivity contribution in [3.63, 3.8) is 0 Å². The Kier molecular flexibility index (Phi) is 4.81. The van der Waals surface area contributed by atoms with E-state index < -0.39 is 5.60 Å². The zero-order valence-electron chi connectivity index (χ0n) is 16.2. The highest BCUT2D eigenvalue weighted by molar-refractivity contribution is 7.17. The van der Waals surface area contributed by atoms with Gasteiger partial charge in [0, 0.05) is 17.6 Å². The van der Waals surface area contributed by atoms with Crippen molar-refractivity contribution in [3.8, 4) is 0 Å². The monoisotopic (exact) mass is 411 g/mol. The summed E-state index contributed by atoms with van der Waals surface area (Å²) >= 11 is 1.23. The summed E-state index contributed by atoms with van der Waals surface area (Å²) in [6.45, 7) is 5.75. The van der Waals surface area contributed by atoms with E-state index in [1.165, 1.54) is 17.5 Å². The number of carbonyl (C=O) groups is 1. The van der Waals surface area contributed by atoms with Gasteiger partial charge in [0.1, 0.15) is 4.88 Å². The molecule has 0 aliphatic heterocycles. The zero-order valence-corrected chi connectivity index (χ0v) is 17.0. The van der Waals surface area contributed by atoms with E-state index in [0.29, 0.717) is 22.4 Å². The second-order valence-electron chi connectivity index (χ2n) is 7.41. The Morgan fingerprint density at radius 2 is 2.14 bits per heavy atom. The van der Waals surface area contributed by atoms with Gasteiger partial charge in [-0.05, 0) is 32.4 Å². The molecule has 1 amide bonds. The molecular weight excluding hydrogens is 390 g/mol. The van der Waals surface area contributed by atoms with Gasteiger partial charge in [-0.2, -0.15) is 10.2 Å². The summed E-state index contributed by atoms with van der Waals surface area (Å²) < 4.78 is 1.65. The summed E-state index contributed by atoms with van der Waals surface area (Å²) in [6.07, 6.45) is 5.00. The number of rotatable bonds is 6. The van der Waals surface area contributed by atoms with Gasteiger partial charge in [-0.15, -0.1) is 0 Å². The van der Waals surface area contributed by atoms with E-state index in [1.807, 2.05) is 19.1 Å². The summed E-state index contributed by atoms with van der Waals surface area (Å²) in [4.78, 5) is 17.4. The molecule has 0 fully saturated rings. The Hall–Kier alpha value is -3.24. The number of benzene rings is 1. The molecule has 29 heavy (non-hydrogen) atoms. The lowest BCUT2D eigenvalue weighted by atomic mass is 10.1. The molecule has 0 atom stereocenters. The maximum absolute atomic E-state index is 12.7. The van der Waals surface area contributed by atoms with E-state index in [4.69, 9.17) is 0 Å². The Morgan fingerprint density at radius 1 is 1.31 bits per heavy atom. The van der Waals surface area contributed by atoms with Crippen LogP contribution in [-0.2, 0) is 6.54 Å². The van der Waals surface area contributed by atoms with Crippen molar-refractivity contribution in [1.29, 1.82) is 0 Å². The fraction of sp³-hybridized carbons (Fsp3) is 0.263. The molecule has 4 rings (SSSR count). The van der Waals surface area contributed by atoms with Crippen molar-refractivity contribution in [3.05, 3.63) is 47.2 Å². The second kappa shape index (κ2) is 7.30. The molecule has 4 N–H and O–H groups in total. The van der Waals surface area contributed by atoms with Crippen LogP contribution in [0.3, 0.4) is 0 Å². The van der Waals surface area contributed by atoms with Crippen LogP contribution in [0.2, 0.25) is 0 Å². The number of nitrogens with zero attached hydrogens (tertiary/aromatic N) is 4. The van der Waals surface area contributed by atoms with Crippen LogP contribution in [0, 0.1) is 6.92 Å². The first-order valence-electron chi connectivity index (χ1n) is 9.01. The molecule has 3 aromatic heterocycles. The third-order valence-electron chi connectivity index (χ3n) is 4.23. The number of amides is 1. The topological polar surface area (TPSA) is 121 Å². The number of fused-ring (bicyclic) bond motifs is 1. The lowest BCUT2D eigenvalue weighted by Gasteiger charge is -2.16. The number of hydrogen-bond acceptors (Lipinski definition) is 7. The van der Waals surface area contributed by atoms with Crippen molar-refractivity contribution in [1.82, 2.24) is 25.0 Å². The Bertz CT molecular complexity index is 1170. The van der Waals surface area contributed by atoms with Crippen LogP contribution >= 0.6 is 11.3 Å². The first-order chi connectivity index (χ1) is 13.8. The Labute approximate surface area is 170 Å². The number of aromatic nitrogens is 5. The van der Waals surface area contributed by atoms with E-state index in [2.05, 4.69) is 30.9 Å². The number of aromatic amines is 1. The number of nitrogens with one attached hydrogen (secondary N) is 3. The second-order valence-corrected chi connectivity index (χ2v) is 8.44. The van der Waals surface area contributed by atoms with Gasteiger partial charge in [0.2, 0.25) is 0 Å². The molecule has 1 aromatic carbocycles. The van der Waals surface area contributed by atoms with Crippen LogP contribution in [0.25, 0.3) is 10.9 Å². The minimum absolute atomic E-state index is 0.236. The van der Waals surface area contributed by atoms with Crippen molar-refractivity contribution in [2.24, 2.45) is 0 Å². The number of carbonyl (C=O) groups excluding carboxylic acids is 1. The standard InChI is InChI=1S/C19H21N7O2S/c1-11-4-5-13-12(8-21-24-13)16(11)23-17(27)14-9-20-18(29-14)22-15-6-7-26(25-15)10-19(2,3)28/h4-9,28H,10H2,1-3H3,(H,21,24)(H,23,27)(H,20,22,25). The molecule has 150 valence electrons. The van der Waals surface area contributed by atoms with E-state index in [1.54, 1.807) is 37.0 Å². The first kappa shape index (κ1) is 19.1. The highest BCUT2D eigenvalue weighted by Gasteiger charge is 2.16.